The topological polar surface area (TPSA) is 82.3 Å². The molecule has 0 radical (unpaired) electrons. The van der Waals surface area contributed by atoms with Crippen molar-refractivity contribution in [3.05, 3.63) is 53.9 Å². The first kappa shape index (κ1) is 11.7. The fraction of sp³-hybridized carbons (Fsp3) is 0.0909. The summed E-state index contributed by atoms with van der Waals surface area (Å²) >= 11 is 5.89. The van der Waals surface area contributed by atoms with Crippen molar-refractivity contribution < 1.29 is 0 Å². The van der Waals surface area contributed by atoms with Crippen LogP contribution in [0.25, 0.3) is 5.95 Å². The van der Waals surface area contributed by atoms with Crippen molar-refractivity contribution >= 4 is 11.6 Å². The van der Waals surface area contributed by atoms with Gasteiger partial charge >= 0.3 is 0 Å². The number of rotatable bonds is 3. The Kier molecular flexibility index (Phi) is 3.11. The number of hydrogen-bond acceptors (Lipinski definition) is 6. The Balaban J connectivity index is 1.94. The lowest BCUT2D eigenvalue weighted by Gasteiger charge is -2.03. The van der Waals surface area contributed by atoms with Gasteiger partial charge in [-0.1, -0.05) is 6.07 Å². The highest BCUT2D eigenvalue weighted by molar-refractivity contribution is 6.28. The summed E-state index contributed by atoms with van der Waals surface area (Å²) in [6.45, 7) is 0. The lowest BCUT2D eigenvalue weighted by molar-refractivity contribution is 0.771. The lowest BCUT2D eigenvalue weighted by Crippen LogP contribution is -2.07. The number of pyridine rings is 1. The summed E-state index contributed by atoms with van der Waals surface area (Å²) in [6, 6.07) is 3.80. The molecule has 0 amide bonds. The molecule has 3 rings (SSSR count). The maximum atomic E-state index is 5.89. The zero-order valence-corrected chi connectivity index (χ0v) is 10.4. The average molecular weight is 274 g/mol. The van der Waals surface area contributed by atoms with Gasteiger partial charge in [-0.25, -0.2) is 9.97 Å². The monoisotopic (exact) mass is 273 g/mol. The van der Waals surface area contributed by atoms with E-state index in [4.69, 9.17) is 11.6 Å². The minimum absolute atomic E-state index is 0.124. The van der Waals surface area contributed by atoms with Gasteiger partial charge in [0, 0.05) is 18.8 Å². The van der Waals surface area contributed by atoms with Gasteiger partial charge in [-0.05, 0) is 23.2 Å². The van der Waals surface area contributed by atoms with Crippen molar-refractivity contribution in [3.63, 3.8) is 0 Å². The molecule has 3 aromatic rings. The van der Waals surface area contributed by atoms with Crippen molar-refractivity contribution in [1.29, 1.82) is 0 Å². The van der Waals surface area contributed by atoms with Crippen molar-refractivity contribution in [2.24, 2.45) is 0 Å². The molecule has 19 heavy (non-hydrogen) atoms. The standard InChI is InChI=1S/C11H8ClN7/c12-10-16-9(4-8-2-1-3-13-5-8)17-11(18-10)19-7-14-6-15-19/h1-3,5-7H,4H2. The van der Waals surface area contributed by atoms with Gasteiger partial charge in [0.05, 0.1) is 0 Å². The fourth-order valence-electron chi connectivity index (χ4n) is 1.56. The zero-order chi connectivity index (χ0) is 13.1. The summed E-state index contributed by atoms with van der Waals surface area (Å²) in [5.74, 6) is 0.898. The Morgan fingerprint density at radius 3 is 2.84 bits per heavy atom. The Morgan fingerprint density at radius 1 is 1.16 bits per heavy atom. The molecule has 3 heterocycles. The van der Waals surface area contributed by atoms with E-state index >= 15 is 0 Å². The van der Waals surface area contributed by atoms with Gasteiger partial charge in [0.2, 0.25) is 5.28 Å². The van der Waals surface area contributed by atoms with Crippen LogP contribution in [0, 0.1) is 0 Å². The van der Waals surface area contributed by atoms with Crippen LogP contribution < -0.4 is 0 Å². The number of nitrogens with zero attached hydrogens (tertiary/aromatic N) is 7. The van der Waals surface area contributed by atoms with E-state index in [-0.39, 0.29) is 5.28 Å². The Hall–Kier alpha value is -2.41. The third-order valence-corrected chi connectivity index (χ3v) is 2.52. The summed E-state index contributed by atoms with van der Waals surface area (Å²) in [4.78, 5) is 20.3. The summed E-state index contributed by atoms with van der Waals surface area (Å²) in [5.41, 5.74) is 0.995. The van der Waals surface area contributed by atoms with Crippen molar-refractivity contribution in [1.82, 2.24) is 34.7 Å². The molecule has 0 bridgehead atoms. The third kappa shape index (κ3) is 2.71. The summed E-state index contributed by atoms with van der Waals surface area (Å²) in [5, 5.41) is 4.08. The molecule has 0 aliphatic carbocycles. The summed E-state index contributed by atoms with van der Waals surface area (Å²) < 4.78 is 1.43. The van der Waals surface area contributed by atoms with Crippen LogP contribution in [0.15, 0.2) is 37.2 Å². The predicted octanol–water partition coefficient (Wildman–Crippen LogP) is 1.09. The van der Waals surface area contributed by atoms with E-state index in [1.54, 1.807) is 12.4 Å². The van der Waals surface area contributed by atoms with Gasteiger partial charge in [0.25, 0.3) is 5.95 Å². The molecule has 0 atom stereocenters. The van der Waals surface area contributed by atoms with Gasteiger partial charge in [-0.2, -0.15) is 19.7 Å². The second kappa shape index (κ2) is 5.07. The van der Waals surface area contributed by atoms with Gasteiger partial charge < -0.3 is 0 Å². The highest BCUT2D eigenvalue weighted by Gasteiger charge is 2.08. The van der Waals surface area contributed by atoms with Crippen LogP contribution in [0.2, 0.25) is 5.28 Å². The normalized spacial score (nSPS) is 10.6. The molecular formula is C11H8ClN7. The highest BCUT2D eigenvalue weighted by atomic mass is 35.5. The maximum absolute atomic E-state index is 5.89. The summed E-state index contributed by atoms with van der Waals surface area (Å²) in [6.07, 6.45) is 6.90. The molecular weight excluding hydrogens is 266 g/mol. The second-order valence-electron chi connectivity index (χ2n) is 3.70. The molecule has 0 spiro atoms. The molecule has 94 valence electrons. The number of aromatic nitrogens is 7. The lowest BCUT2D eigenvalue weighted by atomic mass is 10.2. The smallest absolute Gasteiger partial charge is 0.256 e. The van der Waals surface area contributed by atoms with Crippen LogP contribution in [0.1, 0.15) is 11.4 Å². The quantitative estimate of drug-likeness (QED) is 0.710. The SMILES string of the molecule is Clc1nc(Cc2cccnc2)nc(-n2cncn2)n1. The zero-order valence-electron chi connectivity index (χ0n) is 9.68. The van der Waals surface area contributed by atoms with E-state index < -0.39 is 0 Å². The Bertz CT molecular complexity index is 669. The van der Waals surface area contributed by atoms with E-state index in [0.717, 1.165) is 5.56 Å². The van der Waals surface area contributed by atoms with Crippen LogP contribution in [0.3, 0.4) is 0 Å². The van der Waals surface area contributed by atoms with E-state index in [9.17, 15) is 0 Å². The average Bonchev–Trinajstić information content (AvgIpc) is 2.93. The van der Waals surface area contributed by atoms with Crippen molar-refractivity contribution in [2.45, 2.75) is 6.42 Å². The van der Waals surface area contributed by atoms with E-state index in [1.165, 1.54) is 17.3 Å². The molecule has 0 fully saturated rings. The Morgan fingerprint density at radius 2 is 2.11 bits per heavy atom. The van der Waals surface area contributed by atoms with Gasteiger partial charge in [0.1, 0.15) is 18.5 Å². The molecule has 0 aliphatic rings. The van der Waals surface area contributed by atoms with Crippen molar-refractivity contribution in [2.75, 3.05) is 0 Å². The molecule has 0 saturated carbocycles. The molecule has 0 aliphatic heterocycles. The maximum Gasteiger partial charge on any atom is 0.256 e. The van der Waals surface area contributed by atoms with Crippen LogP contribution in [-0.4, -0.2) is 34.7 Å². The van der Waals surface area contributed by atoms with E-state index in [1.807, 2.05) is 12.1 Å². The first-order valence-corrected chi connectivity index (χ1v) is 5.83. The Labute approximate surface area is 113 Å². The largest absolute Gasteiger partial charge is 0.264 e. The van der Waals surface area contributed by atoms with E-state index in [2.05, 4.69) is 30.0 Å². The molecule has 8 heteroatoms. The van der Waals surface area contributed by atoms with Gasteiger partial charge in [-0.15, -0.1) is 0 Å². The molecule has 0 N–H and O–H groups in total. The molecule has 0 saturated heterocycles. The molecule has 0 unspecified atom stereocenters. The van der Waals surface area contributed by atoms with Crippen LogP contribution >= 0.6 is 11.6 Å². The first-order valence-electron chi connectivity index (χ1n) is 5.45. The predicted molar refractivity (Wildman–Crippen MR) is 66.8 cm³/mol. The third-order valence-electron chi connectivity index (χ3n) is 2.35. The van der Waals surface area contributed by atoms with Gasteiger partial charge in [0.15, 0.2) is 0 Å². The van der Waals surface area contributed by atoms with Gasteiger partial charge in [-0.3, -0.25) is 4.98 Å². The summed E-state index contributed by atoms with van der Waals surface area (Å²) in [7, 11) is 0. The molecule has 0 aromatic carbocycles. The first-order chi connectivity index (χ1) is 9.31. The highest BCUT2D eigenvalue weighted by Crippen LogP contribution is 2.09. The number of halogens is 1. The van der Waals surface area contributed by atoms with Crippen LogP contribution in [-0.2, 0) is 6.42 Å². The second-order valence-corrected chi connectivity index (χ2v) is 4.04. The fourth-order valence-corrected chi connectivity index (χ4v) is 1.73. The minimum atomic E-state index is 0.124. The van der Waals surface area contributed by atoms with E-state index in [0.29, 0.717) is 18.2 Å². The van der Waals surface area contributed by atoms with Crippen LogP contribution in [0.4, 0.5) is 0 Å². The molecule has 3 aromatic heterocycles. The molecule has 7 nitrogen and oxygen atoms in total. The van der Waals surface area contributed by atoms with Crippen molar-refractivity contribution in [3.8, 4) is 5.95 Å². The minimum Gasteiger partial charge on any atom is -0.264 e. The van der Waals surface area contributed by atoms with Crippen LogP contribution in [0.5, 0.6) is 0 Å². The number of hydrogen-bond donors (Lipinski definition) is 0.